The fourth-order valence-electron chi connectivity index (χ4n) is 5.30. The standard InChI is InChI=1S/C25H35N5/c1-28-16-9-21(10-17-28)20-5-7-22(8-6-20)24-26-19-23-11-18-30(25(23)27-24)15-4-14-29-12-2-3-13-29/h5-8,19,21H,2-4,9-18H2,1H3. The fraction of sp³-hybridized carbons (Fsp3) is 0.600. The topological polar surface area (TPSA) is 35.5 Å². The first-order valence-electron chi connectivity index (χ1n) is 11.9. The Morgan fingerprint density at radius 3 is 2.47 bits per heavy atom. The van der Waals surface area contributed by atoms with E-state index in [0.717, 1.165) is 30.9 Å². The molecule has 5 nitrogen and oxygen atoms in total. The Bertz CT molecular complexity index is 835. The van der Waals surface area contributed by atoms with Crippen molar-refractivity contribution in [3.8, 4) is 11.4 Å². The number of rotatable bonds is 6. The number of aromatic nitrogens is 2. The molecule has 2 saturated heterocycles. The summed E-state index contributed by atoms with van der Waals surface area (Å²) in [5, 5.41) is 0. The normalized spacial score (nSPS) is 20.8. The van der Waals surface area contributed by atoms with Gasteiger partial charge in [0.15, 0.2) is 5.82 Å². The van der Waals surface area contributed by atoms with Crippen molar-refractivity contribution in [2.75, 3.05) is 57.8 Å². The molecule has 5 heteroatoms. The van der Waals surface area contributed by atoms with Crippen LogP contribution in [0, 0.1) is 0 Å². The van der Waals surface area contributed by atoms with E-state index >= 15 is 0 Å². The first-order valence-corrected chi connectivity index (χ1v) is 11.9. The molecule has 1 aromatic heterocycles. The van der Waals surface area contributed by atoms with Crippen LogP contribution in [0.2, 0.25) is 0 Å². The minimum absolute atomic E-state index is 0.697. The van der Waals surface area contributed by atoms with Crippen molar-refractivity contribution in [1.82, 2.24) is 19.8 Å². The molecule has 160 valence electrons. The molecule has 0 atom stereocenters. The zero-order chi connectivity index (χ0) is 20.3. The molecule has 0 radical (unpaired) electrons. The lowest BCUT2D eigenvalue weighted by atomic mass is 9.89. The monoisotopic (exact) mass is 405 g/mol. The Morgan fingerprint density at radius 1 is 0.933 bits per heavy atom. The smallest absolute Gasteiger partial charge is 0.161 e. The van der Waals surface area contributed by atoms with Gasteiger partial charge in [-0.2, -0.15) is 0 Å². The number of anilines is 1. The van der Waals surface area contributed by atoms with Gasteiger partial charge >= 0.3 is 0 Å². The molecule has 0 spiro atoms. The van der Waals surface area contributed by atoms with Crippen LogP contribution in [0.5, 0.6) is 0 Å². The second kappa shape index (κ2) is 9.03. The molecule has 0 N–H and O–H groups in total. The predicted octanol–water partition coefficient (Wildman–Crippen LogP) is 3.80. The van der Waals surface area contributed by atoms with Crippen LogP contribution in [-0.4, -0.2) is 72.6 Å². The van der Waals surface area contributed by atoms with Gasteiger partial charge in [-0.25, -0.2) is 9.97 Å². The van der Waals surface area contributed by atoms with Gasteiger partial charge in [-0.1, -0.05) is 24.3 Å². The van der Waals surface area contributed by atoms with Crippen molar-refractivity contribution in [2.45, 2.75) is 44.4 Å². The van der Waals surface area contributed by atoms with Gasteiger partial charge in [0.2, 0.25) is 0 Å². The van der Waals surface area contributed by atoms with Crippen LogP contribution < -0.4 is 4.90 Å². The maximum atomic E-state index is 5.00. The Hall–Kier alpha value is -1.98. The van der Waals surface area contributed by atoms with E-state index in [1.165, 1.54) is 81.8 Å². The SMILES string of the molecule is CN1CCC(c2ccc(-c3ncc4c(n3)N(CCCN3CCCC3)CC4)cc2)CC1. The van der Waals surface area contributed by atoms with Crippen molar-refractivity contribution >= 4 is 5.82 Å². The van der Waals surface area contributed by atoms with Crippen LogP contribution in [-0.2, 0) is 6.42 Å². The highest BCUT2D eigenvalue weighted by molar-refractivity contribution is 5.61. The van der Waals surface area contributed by atoms with Crippen LogP contribution in [0.3, 0.4) is 0 Å². The fourth-order valence-corrected chi connectivity index (χ4v) is 5.30. The van der Waals surface area contributed by atoms with E-state index in [-0.39, 0.29) is 0 Å². The number of hydrogen-bond acceptors (Lipinski definition) is 5. The van der Waals surface area contributed by atoms with Gasteiger partial charge < -0.3 is 14.7 Å². The molecule has 0 saturated carbocycles. The molecule has 0 bridgehead atoms. The van der Waals surface area contributed by atoms with Crippen LogP contribution in [0.25, 0.3) is 11.4 Å². The van der Waals surface area contributed by atoms with Crippen molar-refractivity contribution in [1.29, 1.82) is 0 Å². The minimum atomic E-state index is 0.697. The summed E-state index contributed by atoms with van der Waals surface area (Å²) in [6.07, 6.45) is 9.63. The quantitative estimate of drug-likeness (QED) is 0.730. The van der Waals surface area contributed by atoms with E-state index < -0.39 is 0 Å². The second-order valence-electron chi connectivity index (χ2n) is 9.38. The van der Waals surface area contributed by atoms with E-state index in [0.29, 0.717) is 5.92 Å². The molecule has 3 aliphatic heterocycles. The first kappa shape index (κ1) is 20.0. The highest BCUT2D eigenvalue weighted by Gasteiger charge is 2.23. The lowest BCUT2D eigenvalue weighted by Gasteiger charge is -2.29. The van der Waals surface area contributed by atoms with Crippen LogP contribution in [0.1, 0.15) is 49.1 Å². The number of benzene rings is 1. The Labute approximate surface area is 181 Å². The van der Waals surface area contributed by atoms with Gasteiger partial charge in [0.25, 0.3) is 0 Å². The van der Waals surface area contributed by atoms with Gasteiger partial charge in [-0.15, -0.1) is 0 Å². The van der Waals surface area contributed by atoms with Crippen molar-refractivity contribution in [3.05, 3.63) is 41.6 Å². The molecular weight excluding hydrogens is 370 g/mol. The summed E-state index contributed by atoms with van der Waals surface area (Å²) in [5.74, 6) is 2.73. The average Bonchev–Trinajstić information content (AvgIpc) is 3.44. The number of hydrogen-bond donors (Lipinski definition) is 0. The maximum absolute atomic E-state index is 5.00. The predicted molar refractivity (Wildman–Crippen MR) is 123 cm³/mol. The molecule has 1 aromatic carbocycles. The average molecular weight is 406 g/mol. The molecule has 2 fully saturated rings. The van der Waals surface area contributed by atoms with E-state index in [2.05, 4.69) is 52.2 Å². The molecular formula is C25H35N5. The zero-order valence-electron chi connectivity index (χ0n) is 18.4. The number of piperidine rings is 1. The highest BCUT2D eigenvalue weighted by Crippen LogP contribution is 2.31. The summed E-state index contributed by atoms with van der Waals surface area (Å²) in [4.78, 5) is 17.2. The molecule has 0 amide bonds. The van der Waals surface area contributed by atoms with Crippen LogP contribution in [0.4, 0.5) is 5.82 Å². The summed E-state index contributed by atoms with van der Waals surface area (Å²) < 4.78 is 0. The highest BCUT2D eigenvalue weighted by atomic mass is 15.2. The van der Waals surface area contributed by atoms with Crippen molar-refractivity contribution in [2.24, 2.45) is 0 Å². The van der Waals surface area contributed by atoms with Crippen LogP contribution >= 0.6 is 0 Å². The first-order chi connectivity index (χ1) is 14.8. The van der Waals surface area contributed by atoms with E-state index in [1.807, 2.05) is 0 Å². The summed E-state index contributed by atoms with van der Waals surface area (Å²) in [7, 11) is 2.22. The Morgan fingerprint density at radius 2 is 1.70 bits per heavy atom. The number of nitrogens with zero attached hydrogens (tertiary/aromatic N) is 5. The maximum Gasteiger partial charge on any atom is 0.161 e. The third-order valence-electron chi connectivity index (χ3n) is 7.25. The number of likely N-dealkylation sites (tertiary alicyclic amines) is 2. The third-order valence-corrected chi connectivity index (χ3v) is 7.25. The minimum Gasteiger partial charge on any atom is -0.356 e. The molecule has 3 aliphatic rings. The van der Waals surface area contributed by atoms with Gasteiger partial charge in [-0.05, 0) is 89.8 Å². The number of fused-ring (bicyclic) bond motifs is 1. The summed E-state index contributed by atoms with van der Waals surface area (Å²) >= 11 is 0. The van der Waals surface area contributed by atoms with Crippen molar-refractivity contribution < 1.29 is 0 Å². The lowest BCUT2D eigenvalue weighted by molar-refractivity contribution is 0.255. The molecule has 30 heavy (non-hydrogen) atoms. The molecule has 4 heterocycles. The third kappa shape index (κ3) is 4.37. The molecule has 5 rings (SSSR count). The van der Waals surface area contributed by atoms with Gasteiger partial charge in [0.05, 0.1) is 0 Å². The van der Waals surface area contributed by atoms with Gasteiger partial charge in [0.1, 0.15) is 5.82 Å². The molecule has 2 aromatic rings. The van der Waals surface area contributed by atoms with Gasteiger partial charge in [-0.3, -0.25) is 0 Å². The lowest BCUT2D eigenvalue weighted by Crippen LogP contribution is -2.29. The summed E-state index contributed by atoms with van der Waals surface area (Å²) in [5.41, 5.74) is 3.91. The Kier molecular flexibility index (Phi) is 6.00. The summed E-state index contributed by atoms with van der Waals surface area (Å²) in [6.45, 7) is 8.40. The van der Waals surface area contributed by atoms with E-state index in [9.17, 15) is 0 Å². The van der Waals surface area contributed by atoms with E-state index in [1.54, 1.807) is 0 Å². The van der Waals surface area contributed by atoms with Gasteiger partial charge in [0, 0.05) is 30.4 Å². The largest absolute Gasteiger partial charge is 0.356 e. The van der Waals surface area contributed by atoms with E-state index in [4.69, 9.17) is 9.97 Å². The van der Waals surface area contributed by atoms with Crippen molar-refractivity contribution in [3.63, 3.8) is 0 Å². The Balaban J connectivity index is 1.24. The van der Waals surface area contributed by atoms with Crippen LogP contribution in [0.15, 0.2) is 30.5 Å². The summed E-state index contributed by atoms with van der Waals surface area (Å²) in [6, 6.07) is 9.05. The second-order valence-corrected chi connectivity index (χ2v) is 9.38. The molecule has 0 aliphatic carbocycles. The molecule has 0 unspecified atom stereocenters. The zero-order valence-corrected chi connectivity index (χ0v) is 18.4.